The Morgan fingerprint density at radius 2 is 1.82 bits per heavy atom. The van der Waals surface area contributed by atoms with Gasteiger partial charge in [-0.05, 0) is 67.0 Å². The zero-order valence-corrected chi connectivity index (χ0v) is 16.9. The monoisotopic (exact) mass is 383 g/mol. The Morgan fingerprint density at radius 1 is 1.04 bits per heavy atom. The summed E-state index contributed by atoms with van der Waals surface area (Å²) in [5, 5.41) is 3.06. The van der Waals surface area contributed by atoms with Gasteiger partial charge < -0.3 is 19.5 Å². The smallest absolute Gasteiger partial charge is 0.258 e. The molecule has 0 fully saturated rings. The van der Waals surface area contributed by atoms with Crippen molar-refractivity contribution >= 4 is 5.91 Å². The molecule has 28 heavy (non-hydrogen) atoms. The van der Waals surface area contributed by atoms with Gasteiger partial charge in [-0.1, -0.05) is 25.1 Å². The van der Waals surface area contributed by atoms with Gasteiger partial charge in [-0.15, -0.1) is 0 Å². The molecule has 1 amide bonds. The van der Waals surface area contributed by atoms with Crippen molar-refractivity contribution in [2.45, 2.75) is 45.1 Å². The van der Waals surface area contributed by atoms with E-state index >= 15 is 0 Å². The second kappa shape index (κ2) is 9.49. The number of ether oxygens (including phenoxy) is 3. The first-order valence-corrected chi connectivity index (χ1v) is 9.91. The van der Waals surface area contributed by atoms with Crippen LogP contribution in [-0.4, -0.2) is 26.7 Å². The zero-order valence-electron chi connectivity index (χ0n) is 16.9. The Kier molecular flexibility index (Phi) is 6.80. The lowest BCUT2D eigenvalue weighted by atomic mass is 9.91. The van der Waals surface area contributed by atoms with Crippen LogP contribution < -0.4 is 19.5 Å². The van der Waals surface area contributed by atoms with Gasteiger partial charge in [0.1, 0.15) is 5.75 Å². The molecule has 0 bridgehead atoms. The number of amides is 1. The normalized spacial score (nSPS) is 14.0. The van der Waals surface area contributed by atoms with E-state index in [1.807, 2.05) is 37.3 Å². The van der Waals surface area contributed by atoms with Crippen LogP contribution in [0.2, 0.25) is 0 Å². The summed E-state index contributed by atoms with van der Waals surface area (Å²) in [4.78, 5) is 12.5. The van der Waals surface area contributed by atoms with Gasteiger partial charge in [0, 0.05) is 0 Å². The fraction of sp³-hybridized carbons (Fsp3) is 0.435. The Hall–Kier alpha value is -2.69. The highest BCUT2D eigenvalue weighted by atomic mass is 16.5. The number of carbonyl (C=O) groups is 1. The van der Waals surface area contributed by atoms with Crippen molar-refractivity contribution in [3.05, 3.63) is 53.1 Å². The van der Waals surface area contributed by atoms with Crippen LogP contribution in [0.5, 0.6) is 17.2 Å². The molecule has 1 aliphatic carbocycles. The average Bonchev–Trinajstić information content (AvgIpc) is 2.75. The molecule has 0 aliphatic heterocycles. The van der Waals surface area contributed by atoms with Crippen LogP contribution >= 0.6 is 0 Å². The molecule has 0 saturated heterocycles. The van der Waals surface area contributed by atoms with E-state index in [9.17, 15) is 4.79 Å². The molecule has 2 aromatic carbocycles. The first kappa shape index (κ1) is 20.1. The van der Waals surface area contributed by atoms with Crippen molar-refractivity contribution in [3.63, 3.8) is 0 Å². The minimum absolute atomic E-state index is 0.0141. The third kappa shape index (κ3) is 4.58. The average molecular weight is 383 g/mol. The molecule has 1 atom stereocenters. The summed E-state index contributed by atoms with van der Waals surface area (Å²) in [6.07, 6.45) is 5.28. The molecule has 5 nitrogen and oxygen atoms in total. The van der Waals surface area contributed by atoms with Gasteiger partial charge in [-0.2, -0.15) is 0 Å². The maximum atomic E-state index is 12.5. The van der Waals surface area contributed by atoms with Gasteiger partial charge in [0.25, 0.3) is 5.91 Å². The SMILES string of the molecule is CC[C@@H](NC(=O)COc1cccc2c1CCCC2)c1ccc(OC)c(OC)c1. The van der Waals surface area contributed by atoms with Crippen molar-refractivity contribution in [2.24, 2.45) is 0 Å². The summed E-state index contributed by atoms with van der Waals surface area (Å²) in [6.45, 7) is 2.05. The summed E-state index contributed by atoms with van der Waals surface area (Å²) in [5.41, 5.74) is 3.58. The van der Waals surface area contributed by atoms with E-state index in [2.05, 4.69) is 11.4 Å². The molecule has 150 valence electrons. The number of methoxy groups -OCH3 is 2. The van der Waals surface area contributed by atoms with Gasteiger partial charge in [0.2, 0.25) is 0 Å². The van der Waals surface area contributed by atoms with Gasteiger partial charge in [-0.25, -0.2) is 0 Å². The molecule has 2 aromatic rings. The van der Waals surface area contributed by atoms with Gasteiger partial charge >= 0.3 is 0 Å². The van der Waals surface area contributed by atoms with E-state index in [0.717, 1.165) is 30.6 Å². The second-order valence-corrected chi connectivity index (χ2v) is 7.03. The predicted molar refractivity (Wildman–Crippen MR) is 109 cm³/mol. The van der Waals surface area contributed by atoms with E-state index < -0.39 is 0 Å². The van der Waals surface area contributed by atoms with E-state index in [0.29, 0.717) is 11.5 Å². The first-order valence-electron chi connectivity index (χ1n) is 9.91. The summed E-state index contributed by atoms with van der Waals surface area (Å²) in [6, 6.07) is 11.7. The number of hydrogen-bond acceptors (Lipinski definition) is 4. The van der Waals surface area contributed by atoms with Crippen LogP contribution in [-0.2, 0) is 17.6 Å². The molecule has 0 heterocycles. The van der Waals surface area contributed by atoms with Crippen molar-refractivity contribution < 1.29 is 19.0 Å². The molecule has 0 saturated carbocycles. The summed E-state index contributed by atoms with van der Waals surface area (Å²) in [7, 11) is 3.21. The van der Waals surface area contributed by atoms with Crippen LogP contribution in [0.1, 0.15) is 48.9 Å². The molecule has 1 N–H and O–H groups in total. The number of carbonyl (C=O) groups excluding carboxylic acids is 1. The molecule has 1 aliphatic rings. The van der Waals surface area contributed by atoms with Gasteiger partial charge in [0.15, 0.2) is 18.1 Å². The van der Waals surface area contributed by atoms with Crippen molar-refractivity contribution in [1.82, 2.24) is 5.32 Å². The van der Waals surface area contributed by atoms with Crippen LogP contribution in [0.25, 0.3) is 0 Å². The van der Waals surface area contributed by atoms with Gasteiger partial charge in [-0.3, -0.25) is 4.79 Å². The molecular formula is C23H29NO4. The standard InChI is InChI=1S/C23H29NO4/c1-4-19(17-12-13-21(26-2)22(14-17)27-3)24-23(25)15-28-20-11-7-9-16-8-5-6-10-18(16)20/h7,9,11-14,19H,4-6,8,10,15H2,1-3H3,(H,24,25)/t19-/m1/s1. The van der Waals surface area contributed by atoms with Crippen LogP contribution in [0.3, 0.4) is 0 Å². The number of rotatable bonds is 8. The molecule has 0 radical (unpaired) electrons. The number of fused-ring (bicyclic) bond motifs is 1. The fourth-order valence-electron chi connectivity index (χ4n) is 3.75. The highest BCUT2D eigenvalue weighted by Gasteiger charge is 2.17. The second-order valence-electron chi connectivity index (χ2n) is 7.03. The first-order chi connectivity index (χ1) is 13.7. The highest BCUT2D eigenvalue weighted by molar-refractivity contribution is 5.78. The summed E-state index contributed by atoms with van der Waals surface area (Å²) < 4.78 is 16.5. The number of nitrogens with one attached hydrogen (secondary N) is 1. The Morgan fingerprint density at radius 3 is 2.57 bits per heavy atom. The largest absolute Gasteiger partial charge is 0.493 e. The van der Waals surface area contributed by atoms with Crippen molar-refractivity contribution in [3.8, 4) is 17.2 Å². The maximum Gasteiger partial charge on any atom is 0.258 e. The maximum absolute atomic E-state index is 12.5. The van der Waals surface area contributed by atoms with Crippen LogP contribution in [0.15, 0.2) is 36.4 Å². The third-order valence-corrected chi connectivity index (χ3v) is 5.27. The summed E-state index contributed by atoms with van der Waals surface area (Å²) >= 11 is 0. The topological polar surface area (TPSA) is 56.8 Å². The number of benzene rings is 2. The molecule has 0 unspecified atom stereocenters. The predicted octanol–water partition coefficient (Wildman–Crippen LogP) is 4.23. The van der Waals surface area contributed by atoms with Crippen LogP contribution in [0.4, 0.5) is 0 Å². The number of hydrogen-bond donors (Lipinski definition) is 1. The van der Waals surface area contributed by atoms with E-state index in [1.54, 1.807) is 14.2 Å². The molecule has 5 heteroatoms. The lowest BCUT2D eigenvalue weighted by Gasteiger charge is -2.21. The van der Waals surface area contributed by atoms with E-state index in [-0.39, 0.29) is 18.6 Å². The Balaban J connectivity index is 1.64. The van der Waals surface area contributed by atoms with Crippen molar-refractivity contribution in [2.75, 3.05) is 20.8 Å². The fourth-order valence-corrected chi connectivity index (χ4v) is 3.75. The van der Waals surface area contributed by atoms with Crippen molar-refractivity contribution in [1.29, 1.82) is 0 Å². The lowest BCUT2D eigenvalue weighted by molar-refractivity contribution is -0.123. The Bertz CT molecular complexity index is 818. The minimum Gasteiger partial charge on any atom is -0.493 e. The van der Waals surface area contributed by atoms with E-state index in [1.165, 1.54) is 24.0 Å². The van der Waals surface area contributed by atoms with Crippen LogP contribution in [0, 0.1) is 0 Å². The highest BCUT2D eigenvalue weighted by Crippen LogP contribution is 2.31. The summed E-state index contributed by atoms with van der Waals surface area (Å²) in [5.74, 6) is 2.03. The molecule has 3 rings (SSSR count). The minimum atomic E-state index is -0.130. The molecule has 0 aromatic heterocycles. The van der Waals surface area contributed by atoms with E-state index in [4.69, 9.17) is 14.2 Å². The quantitative estimate of drug-likeness (QED) is 0.741. The Labute approximate surface area is 167 Å². The molecular weight excluding hydrogens is 354 g/mol. The van der Waals surface area contributed by atoms with Gasteiger partial charge in [0.05, 0.1) is 20.3 Å². The lowest BCUT2D eigenvalue weighted by Crippen LogP contribution is -2.32. The zero-order chi connectivity index (χ0) is 19.9. The third-order valence-electron chi connectivity index (χ3n) is 5.27. The molecule has 0 spiro atoms. The number of aryl methyl sites for hydroxylation is 1.